The Morgan fingerprint density at radius 2 is 1.84 bits per heavy atom. The minimum atomic E-state index is -0.560. The fraction of sp³-hybridized carbons (Fsp3) is 0.733. The molecule has 0 rings (SSSR count). The molecule has 0 aromatic rings. The third-order valence-electron chi connectivity index (χ3n) is 2.64. The van der Waals surface area contributed by atoms with Gasteiger partial charge in [-0.15, -0.1) is 0 Å². The van der Waals surface area contributed by atoms with Gasteiger partial charge in [0.05, 0.1) is 5.92 Å². The van der Waals surface area contributed by atoms with E-state index in [9.17, 15) is 9.59 Å². The number of hydrogen-bond donors (Lipinski definition) is 0. The van der Waals surface area contributed by atoms with Crippen LogP contribution in [-0.2, 0) is 19.1 Å². The topological polar surface area (TPSA) is 52.6 Å². The van der Waals surface area contributed by atoms with Crippen molar-refractivity contribution >= 4 is 11.9 Å². The van der Waals surface area contributed by atoms with Crippen molar-refractivity contribution in [3.8, 4) is 0 Å². The van der Waals surface area contributed by atoms with Crippen LogP contribution in [0.25, 0.3) is 0 Å². The molecule has 0 amide bonds. The van der Waals surface area contributed by atoms with Gasteiger partial charge in [0.25, 0.3) is 0 Å². The molecule has 0 aliphatic heterocycles. The molecule has 19 heavy (non-hydrogen) atoms. The third-order valence-corrected chi connectivity index (χ3v) is 2.64. The van der Waals surface area contributed by atoms with Gasteiger partial charge in [-0.2, -0.15) is 0 Å². The number of rotatable bonds is 6. The molecule has 0 aliphatic carbocycles. The van der Waals surface area contributed by atoms with E-state index in [0.717, 1.165) is 5.57 Å². The molecule has 0 saturated carbocycles. The van der Waals surface area contributed by atoms with Crippen LogP contribution in [0.4, 0.5) is 0 Å². The van der Waals surface area contributed by atoms with Crippen molar-refractivity contribution in [2.24, 2.45) is 5.92 Å². The van der Waals surface area contributed by atoms with Crippen molar-refractivity contribution in [1.29, 1.82) is 0 Å². The first-order valence-electron chi connectivity index (χ1n) is 6.69. The lowest BCUT2D eigenvalue weighted by Gasteiger charge is -2.20. The fourth-order valence-corrected chi connectivity index (χ4v) is 1.52. The highest BCUT2D eigenvalue weighted by molar-refractivity contribution is 5.78. The lowest BCUT2D eigenvalue weighted by atomic mass is 9.98. The molecule has 0 heterocycles. The maximum absolute atomic E-state index is 11.8. The number of esters is 2. The van der Waals surface area contributed by atoms with Crippen LogP contribution in [0.1, 0.15) is 54.4 Å². The lowest BCUT2D eigenvalue weighted by Crippen LogP contribution is -2.28. The molecule has 0 N–H and O–H groups in total. The summed E-state index contributed by atoms with van der Waals surface area (Å²) in [7, 11) is 0. The van der Waals surface area contributed by atoms with Gasteiger partial charge < -0.3 is 9.47 Å². The molecule has 0 saturated heterocycles. The smallest absolute Gasteiger partial charge is 0.344 e. The van der Waals surface area contributed by atoms with E-state index < -0.39 is 11.6 Å². The van der Waals surface area contributed by atoms with Crippen molar-refractivity contribution < 1.29 is 19.1 Å². The summed E-state index contributed by atoms with van der Waals surface area (Å²) in [4.78, 5) is 23.3. The number of allylic oxidation sites excluding steroid dienone is 2. The molecule has 4 heteroatoms. The van der Waals surface area contributed by atoms with Gasteiger partial charge in [-0.05, 0) is 47.5 Å². The Hall–Kier alpha value is -1.32. The van der Waals surface area contributed by atoms with E-state index in [2.05, 4.69) is 0 Å². The van der Waals surface area contributed by atoms with Gasteiger partial charge in [0.15, 0.2) is 6.61 Å². The Morgan fingerprint density at radius 1 is 1.26 bits per heavy atom. The highest BCUT2D eigenvalue weighted by Gasteiger charge is 2.21. The van der Waals surface area contributed by atoms with E-state index in [-0.39, 0.29) is 18.5 Å². The molecule has 4 nitrogen and oxygen atoms in total. The zero-order chi connectivity index (χ0) is 15.1. The minimum Gasteiger partial charge on any atom is -0.457 e. The molecular formula is C15H26O4. The molecular weight excluding hydrogens is 244 g/mol. The predicted octanol–water partition coefficient (Wildman–Crippen LogP) is 3.25. The molecule has 1 atom stereocenters. The van der Waals surface area contributed by atoms with Gasteiger partial charge in [-0.3, -0.25) is 4.79 Å². The van der Waals surface area contributed by atoms with Crippen LogP contribution in [0, 0.1) is 5.92 Å². The number of carbonyl (C=O) groups is 2. The fourth-order valence-electron chi connectivity index (χ4n) is 1.52. The summed E-state index contributed by atoms with van der Waals surface area (Å²) in [6, 6.07) is 0. The summed E-state index contributed by atoms with van der Waals surface area (Å²) < 4.78 is 10.1. The molecule has 0 fully saturated rings. The van der Waals surface area contributed by atoms with Crippen LogP contribution in [0.2, 0.25) is 0 Å². The Balaban J connectivity index is 4.25. The average Bonchev–Trinajstić information content (AvgIpc) is 2.30. The van der Waals surface area contributed by atoms with Crippen LogP contribution in [0.15, 0.2) is 11.6 Å². The quantitative estimate of drug-likeness (QED) is 0.549. The molecule has 0 spiro atoms. The summed E-state index contributed by atoms with van der Waals surface area (Å²) in [5.41, 5.74) is 0.580. The molecule has 0 radical (unpaired) electrons. The van der Waals surface area contributed by atoms with Gasteiger partial charge in [0.2, 0.25) is 0 Å². The molecule has 0 aromatic heterocycles. The molecule has 0 bridgehead atoms. The second-order valence-electron chi connectivity index (χ2n) is 5.64. The van der Waals surface area contributed by atoms with E-state index in [0.29, 0.717) is 12.8 Å². The van der Waals surface area contributed by atoms with Gasteiger partial charge in [-0.25, -0.2) is 4.79 Å². The average molecular weight is 270 g/mol. The molecule has 1 unspecified atom stereocenters. The summed E-state index contributed by atoms with van der Waals surface area (Å²) in [6.45, 7) is 10.9. The van der Waals surface area contributed by atoms with Crippen molar-refractivity contribution in [2.45, 2.75) is 60.0 Å². The van der Waals surface area contributed by atoms with Crippen LogP contribution in [-0.4, -0.2) is 24.1 Å². The van der Waals surface area contributed by atoms with Gasteiger partial charge in [0, 0.05) is 0 Å². The number of ether oxygens (including phenoxy) is 2. The van der Waals surface area contributed by atoms with Gasteiger partial charge in [-0.1, -0.05) is 18.6 Å². The largest absolute Gasteiger partial charge is 0.457 e. The van der Waals surface area contributed by atoms with E-state index in [1.165, 1.54) is 0 Å². The first kappa shape index (κ1) is 17.7. The highest BCUT2D eigenvalue weighted by atomic mass is 16.6. The molecule has 0 aliphatic rings. The van der Waals surface area contributed by atoms with Gasteiger partial charge in [0.1, 0.15) is 5.60 Å². The van der Waals surface area contributed by atoms with Crippen LogP contribution in [0.5, 0.6) is 0 Å². The predicted molar refractivity (Wildman–Crippen MR) is 74.6 cm³/mol. The normalized spacial score (nSPS) is 13.9. The van der Waals surface area contributed by atoms with Crippen molar-refractivity contribution in [3.63, 3.8) is 0 Å². The maximum atomic E-state index is 11.8. The Bertz CT molecular complexity index is 337. The summed E-state index contributed by atoms with van der Waals surface area (Å²) in [5, 5.41) is 0. The van der Waals surface area contributed by atoms with Gasteiger partial charge >= 0.3 is 11.9 Å². The number of carbonyl (C=O) groups excluding carboxylic acids is 2. The lowest BCUT2D eigenvalue weighted by molar-refractivity contribution is -0.168. The monoisotopic (exact) mass is 270 g/mol. The van der Waals surface area contributed by atoms with E-state index in [1.54, 1.807) is 20.8 Å². The SMILES string of the molecule is C/C=C(/C)CC(CC)C(=O)OCC(=O)OC(C)(C)C. The summed E-state index contributed by atoms with van der Waals surface area (Å²) >= 11 is 0. The second kappa shape index (κ2) is 7.97. The Labute approximate surface area is 116 Å². The van der Waals surface area contributed by atoms with Crippen LogP contribution < -0.4 is 0 Å². The van der Waals surface area contributed by atoms with E-state index >= 15 is 0 Å². The number of hydrogen-bond acceptors (Lipinski definition) is 4. The highest BCUT2D eigenvalue weighted by Crippen LogP contribution is 2.16. The van der Waals surface area contributed by atoms with Crippen molar-refractivity contribution in [1.82, 2.24) is 0 Å². The molecule has 0 aromatic carbocycles. The maximum Gasteiger partial charge on any atom is 0.344 e. The zero-order valence-corrected chi connectivity index (χ0v) is 12.9. The van der Waals surface area contributed by atoms with E-state index in [4.69, 9.17) is 9.47 Å². The standard InChI is InChI=1S/C15H26O4/c1-7-11(3)9-12(8-2)14(17)18-10-13(16)19-15(4,5)6/h7,12H,8-10H2,1-6H3/b11-7-. The summed E-state index contributed by atoms with van der Waals surface area (Å²) in [5.74, 6) is -1.05. The van der Waals surface area contributed by atoms with Crippen LogP contribution in [0.3, 0.4) is 0 Å². The van der Waals surface area contributed by atoms with Crippen molar-refractivity contribution in [3.05, 3.63) is 11.6 Å². The van der Waals surface area contributed by atoms with Crippen LogP contribution >= 0.6 is 0 Å². The second-order valence-corrected chi connectivity index (χ2v) is 5.64. The van der Waals surface area contributed by atoms with Crippen molar-refractivity contribution in [2.75, 3.05) is 6.61 Å². The third kappa shape index (κ3) is 8.41. The first-order valence-corrected chi connectivity index (χ1v) is 6.69. The molecule has 110 valence electrons. The summed E-state index contributed by atoms with van der Waals surface area (Å²) in [6.07, 6.45) is 3.34. The Kier molecular flexibility index (Phi) is 7.42. The zero-order valence-electron chi connectivity index (χ0n) is 12.9. The first-order chi connectivity index (χ1) is 8.69. The van der Waals surface area contributed by atoms with E-state index in [1.807, 2.05) is 26.8 Å². The Morgan fingerprint density at radius 3 is 2.26 bits per heavy atom. The minimum absolute atomic E-state index is 0.196.